The van der Waals surface area contributed by atoms with Crippen molar-refractivity contribution in [1.29, 1.82) is 0 Å². The first-order valence-electron chi connectivity index (χ1n) is 9.99. The Morgan fingerprint density at radius 1 is 1.00 bits per heavy atom. The van der Waals surface area contributed by atoms with Crippen molar-refractivity contribution in [1.82, 2.24) is 9.21 Å². The van der Waals surface area contributed by atoms with Crippen molar-refractivity contribution in [3.05, 3.63) is 60.2 Å². The minimum atomic E-state index is -3.60. The number of amides is 1. The first-order valence-corrected chi connectivity index (χ1v) is 11.4. The van der Waals surface area contributed by atoms with Gasteiger partial charge in [-0.2, -0.15) is 4.31 Å². The molecule has 0 saturated heterocycles. The SMILES string of the molecule is CCCCN(CC)CC(=O)Nc1ccc(S(=O)(=O)N(C)Cc2ccccc2)cc1. The number of likely N-dealkylation sites (N-methyl/N-ethyl adjacent to an activating group) is 1. The summed E-state index contributed by atoms with van der Waals surface area (Å²) in [5, 5.41) is 2.84. The molecule has 6 nitrogen and oxygen atoms in total. The molecule has 0 unspecified atom stereocenters. The quantitative estimate of drug-likeness (QED) is 0.607. The van der Waals surface area contributed by atoms with Gasteiger partial charge in [0.05, 0.1) is 11.4 Å². The lowest BCUT2D eigenvalue weighted by Gasteiger charge is -2.19. The first-order chi connectivity index (χ1) is 13.9. The Balaban J connectivity index is 1.98. The molecule has 2 aromatic rings. The van der Waals surface area contributed by atoms with Crippen LogP contribution < -0.4 is 5.32 Å². The molecule has 7 heteroatoms. The lowest BCUT2D eigenvalue weighted by Crippen LogP contribution is -2.33. The van der Waals surface area contributed by atoms with Crippen molar-refractivity contribution in [2.75, 3.05) is 32.0 Å². The van der Waals surface area contributed by atoms with Crippen LogP contribution >= 0.6 is 0 Å². The molecule has 0 aliphatic rings. The highest BCUT2D eigenvalue weighted by molar-refractivity contribution is 7.89. The van der Waals surface area contributed by atoms with Gasteiger partial charge in [-0.25, -0.2) is 8.42 Å². The van der Waals surface area contributed by atoms with Crippen LogP contribution in [0.3, 0.4) is 0 Å². The van der Waals surface area contributed by atoms with Crippen LogP contribution in [0.15, 0.2) is 59.5 Å². The molecule has 29 heavy (non-hydrogen) atoms. The molecule has 2 rings (SSSR count). The minimum absolute atomic E-state index is 0.0974. The van der Waals surface area contributed by atoms with Gasteiger partial charge in [-0.1, -0.05) is 50.6 Å². The van der Waals surface area contributed by atoms with Crippen LogP contribution in [0.2, 0.25) is 0 Å². The Labute approximate surface area is 174 Å². The zero-order valence-corrected chi connectivity index (χ0v) is 18.3. The van der Waals surface area contributed by atoms with E-state index >= 15 is 0 Å². The second-order valence-corrected chi connectivity index (χ2v) is 9.09. The summed E-state index contributed by atoms with van der Waals surface area (Å²) in [7, 11) is -2.04. The highest BCUT2D eigenvalue weighted by atomic mass is 32.2. The number of unbranched alkanes of at least 4 members (excludes halogenated alkanes) is 1. The van der Waals surface area contributed by atoms with Gasteiger partial charge >= 0.3 is 0 Å². The minimum Gasteiger partial charge on any atom is -0.325 e. The monoisotopic (exact) mass is 417 g/mol. The average molecular weight is 418 g/mol. The maximum absolute atomic E-state index is 12.8. The fourth-order valence-electron chi connectivity index (χ4n) is 2.95. The van der Waals surface area contributed by atoms with E-state index in [1.807, 2.05) is 37.3 Å². The molecule has 0 saturated carbocycles. The standard InChI is InChI=1S/C22H31N3O3S/c1-4-6-16-25(5-2)18-22(26)23-20-12-14-21(15-13-20)29(27,28)24(3)17-19-10-8-7-9-11-19/h7-15H,4-6,16-18H2,1-3H3,(H,23,26). The summed E-state index contributed by atoms with van der Waals surface area (Å²) in [6, 6.07) is 15.8. The summed E-state index contributed by atoms with van der Waals surface area (Å²) in [6.07, 6.45) is 2.15. The molecular weight excluding hydrogens is 386 g/mol. The van der Waals surface area contributed by atoms with Crippen LogP contribution in [0.1, 0.15) is 32.3 Å². The predicted molar refractivity (Wildman–Crippen MR) is 117 cm³/mol. The lowest BCUT2D eigenvalue weighted by molar-refractivity contribution is -0.117. The average Bonchev–Trinajstić information content (AvgIpc) is 2.72. The van der Waals surface area contributed by atoms with Crippen molar-refractivity contribution >= 4 is 21.6 Å². The molecule has 1 amide bonds. The third kappa shape index (κ3) is 6.96. The molecule has 0 heterocycles. The Morgan fingerprint density at radius 2 is 1.66 bits per heavy atom. The fraction of sp³-hybridized carbons (Fsp3) is 0.409. The summed E-state index contributed by atoms with van der Waals surface area (Å²) in [5.74, 6) is -0.0974. The summed E-state index contributed by atoms with van der Waals surface area (Å²) >= 11 is 0. The third-order valence-electron chi connectivity index (χ3n) is 4.74. The van der Waals surface area contributed by atoms with E-state index in [9.17, 15) is 13.2 Å². The van der Waals surface area contributed by atoms with Crippen molar-refractivity contribution in [2.24, 2.45) is 0 Å². The second kappa shape index (κ2) is 11.1. The lowest BCUT2D eigenvalue weighted by atomic mass is 10.2. The van der Waals surface area contributed by atoms with Crippen LogP contribution in [-0.2, 0) is 21.4 Å². The molecule has 0 bridgehead atoms. The van der Waals surface area contributed by atoms with Gasteiger partial charge in [-0.15, -0.1) is 0 Å². The number of sulfonamides is 1. The van der Waals surface area contributed by atoms with Crippen molar-refractivity contribution < 1.29 is 13.2 Å². The zero-order valence-electron chi connectivity index (χ0n) is 17.5. The molecule has 0 spiro atoms. The van der Waals surface area contributed by atoms with Gasteiger partial charge in [0, 0.05) is 19.3 Å². The summed E-state index contributed by atoms with van der Waals surface area (Å²) in [6.45, 7) is 6.50. The van der Waals surface area contributed by atoms with Crippen LogP contribution in [0.4, 0.5) is 5.69 Å². The van der Waals surface area contributed by atoms with Crippen LogP contribution in [0.5, 0.6) is 0 Å². The number of hydrogen-bond donors (Lipinski definition) is 1. The van der Waals surface area contributed by atoms with Crippen molar-refractivity contribution in [3.8, 4) is 0 Å². The van der Waals surface area contributed by atoms with Gasteiger partial charge in [0.25, 0.3) is 0 Å². The fourth-order valence-corrected chi connectivity index (χ4v) is 4.11. The maximum atomic E-state index is 12.8. The van der Waals surface area contributed by atoms with Crippen LogP contribution in [-0.4, -0.2) is 50.2 Å². The molecule has 0 aliphatic heterocycles. The Bertz CT molecular complexity index is 868. The zero-order chi connectivity index (χ0) is 21.3. The van der Waals surface area contributed by atoms with Crippen molar-refractivity contribution in [3.63, 3.8) is 0 Å². The first kappa shape index (κ1) is 23.1. The van der Waals surface area contributed by atoms with E-state index < -0.39 is 10.0 Å². The predicted octanol–water partition coefficient (Wildman–Crippen LogP) is 3.57. The van der Waals surface area contributed by atoms with E-state index in [-0.39, 0.29) is 10.8 Å². The van der Waals surface area contributed by atoms with Gasteiger partial charge in [0.15, 0.2) is 0 Å². The van der Waals surface area contributed by atoms with E-state index in [0.29, 0.717) is 18.8 Å². The smallest absolute Gasteiger partial charge is 0.243 e. The molecule has 158 valence electrons. The Hall–Kier alpha value is -2.22. The van der Waals surface area contributed by atoms with Gasteiger partial charge in [-0.05, 0) is 49.3 Å². The molecule has 0 atom stereocenters. The number of rotatable bonds is 11. The number of carbonyl (C=O) groups excluding carboxylic acids is 1. The maximum Gasteiger partial charge on any atom is 0.243 e. The highest BCUT2D eigenvalue weighted by Crippen LogP contribution is 2.19. The van der Waals surface area contributed by atoms with E-state index in [4.69, 9.17) is 0 Å². The summed E-state index contributed by atoms with van der Waals surface area (Å²) in [5.41, 5.74) is 1.51. The Morgan fingerprint density at radius 3 is 2.24 bits per heavy atom. The number of anilines is 1. The molecule has 2 aromatic carbocycles. The summed E-state index contributed by atoms with van der Waals surface area (Å²) in [4.78, 5) is 14.6. The number of nitrogens with zero attached hydrogens (tertiary/aromatic N) is 2. The van der Waals surface area contributed by atoms with Crippen LogP contribution in [0, 0.1) is 0 Å². The van der Waals surface area contributed by atoms with Crippen LogP contribution in [0.25, 0.3) is 0 Å². The second-order valence-electron chi connectivity index (χ2n) is 7.04. The topological polar surface area (TPSA) is 69.7 Å². The van der Waals surface area contributed by atoms with Gasteiger partial charge in [-0.3, -0.25) is 9.69 Å². The number of carbonyl (C=O) groups is 1. The number of hydrogen-bond acceptors (Lipinski definition) is 4. The van der Waals surface area contributed by atoms with Gasteiger partial charge in [0.2, 0.25) is 15.9 Å². The van der Waals surface area contributed by atoms with E-state index in [1.54, 1.807) is 19.2 Å². The molecule has 0 aromatic heterocycles. The summed E-state index contributed by atoms with van der Waals surface area (Å²) < 4.78 is 26.9. The molecule has 1 N–H and O–H groups in total. The van der Waals surface area contributed by atoms with E-state index in [1.165, 1.54) is 16.4 Å². The van der Waals surface area contributed by atoms with Gasteiger partial charge < -0.3 is 5.32 Å². The van der Waals surface area contributed by atoms with E-state index in [0.717, 1.165) is 31.5 Å². The van der Waals surface area contributed by atoms with E-state index in [2.05, 4.69) is 17.1 Å². The third-order valence-corrected chi connectivity index (χ3v) is 6.55. The molecule has 0 fully saturated rings. The van der Waals surface area contributed by atoms with Crippen molar-refractivity contribution in [2.45, 2.75) is 38.1 Å². The number of benzene rings is 2. The number of nitrogens with one attached hydrogen (secondary N) is 1. The Kier molecular flexibility index (Phi) is 8.82. The molecule has 0 radical (unpaired) electrons. The molecular formula is C22H31N3O3S. The molecule has 0 aliphatic carbocycles. The highest BCUT2D eigenvalue weighted by Gasteiger charge is 2.21. The normalized spacial score (nSPS) is 11.8. The largest absolute Gasteiger partial charge is 0.325 e. The van der Waals surface area contributed by atoms with Gasteiger partial charge in [0.1, 0.15) is 0 Å².